The van der Waals surface area contributed by atoms with Crippen LogP contribution in [0.3, 0.4) is 0 Å². The number of fused-ring (bicyclic) bond motifs is 1. The van der Waals surface area contributed by atoms with Crippen molar-refractivity contribution in [3.63, 3.8) is 0 Å². The van der Waals surface area contributed by atoms with Crippen LogP contribution < -0.4 is 5.32 Å². The van der Waals surface area contributed by atoms with Crippen LogP contribution in [0.4, 0.5) is 5.82 Å². The summed E-state index contributed by atoms with van der Waals surface area (Å²) in [4.78, 5) is 18.1. The van der Waals surface area contributed by atoms with Crippen molar-refractivity contribution in [2.75, 3.05) is 5.32 Å². The van der Waals surface area contributed by atoms with E-state index in [0.717, 1.165) is 28.2 Å². The molecule has 4 aromatic rings. The van der Waals surface area contributed by atoms with Crippen molar-refractivity contribution in [2.24, 2.45) is 20.0 Å². The maximum absolute atomic E-state index is 4.81. The molecule has 0 fully saturated rings. The number of hydrogen-bond acceptors (Lipinski definition) is 6. The van der Waals surface area contributed by atoms with Gasteiger partial charge in [-0.05, 0) is 18.1 Å². The highest BCUT2D eigenvalue weighted by Crippen LogP contribution is 2.30. The lowest BCUT2D eigenvalue weighted by Gasteiger charge is -2.23. The smallest absolute Gasteiger partial charge is 0.164 e. The summed E-state index contributed by atoms with van der Waals surface area (Å²) in [5.74, 6) is 2.67. The maximum atomic E-state index is 4.81. The molecule has 0 saturated heterocycles. The Labute approximate surface area is 157 Å². The number of hydrogen-bond donors (Lipinski definition) is 1. The molecular weight excluding hydrogens is 340 g/mol. The lowest BCUT2D eigenvalue weighted by molar-refractivity contribution is 0.507. The monoisotopic (exact) mass is 362 g/mol. The Morgan fingerprint density at radius 2 is 1.81 bits per heavy atom. The molecule has 0 amide bonds. The van der Waals surface area contributed by atoms with Crippen LogP contribution in [0.1, 0.15) is 25.7 Å². The summed E-state index contributed by atoms with van der Waals surface area (Å²) >= 11 is 0. The third-order valence-electron chi connectivity index (χ3n) is 4.63. The fourth-order valence-electron chi connectivity index (χ4n) is 3.12. The lowest BCUT2D eigenvalue weighted by atomic mass is 10.0. The minimum absolute atomic E-state index is 0.00796. The third-order valence-corrected chi connectivity index (χ3v) is 4.63. The Kier molecular flexibility index (Phi) is 4.31. The quantitative estimate of drug-likeness (QED) is 0.587. The number of nitrogens with zero attached hydrogens (tertiary/aromatic N) is 7. The molecule has 0 aliphatic heterocycles. The number of pyridine rings is 1. The van der Waals surface area contributed by atoms with E-state index >= 15 is 0 Å². The molecule has 0 bridgehead atoms. The summed E-state index contributed by atoms with van der Waals surface area (Å²) in [5.41, 5.74) is 1.69. The van der Waals surface area contributed by atoms with Gasteiger partial charge >= 0.3 is 0 Å². The van der Waals surface area contributed by atoms with E-state index in [9.17, 15) is 0 Å². The van der Waals surface area contributed by atoms with E-state index in [4.69, 9.17) is 9.97 Å². The molecule has 0 spiro atoms. The molecule has 0 aliphatic carbocycles. The lowest BCUT2D eigenvalue weighted by Crippen LogP contribution is -2.21. The number of aryl methyl sites for hydroxylation is 2. The molecule has 0 aliphatic rings. The van der Waals surface area contributed by atoms with E-state index < -0.39 is 0 Å². The zero-order valence-electron chi connectivity index (χ0n) is 15.8. The first-order valence-electron chi connectivity index (χ1n) is 8.88. The van der Waals surface area contributed by atoms with Crippen molar-refractivity contribution in [3.8, 4) is 11.4 Å². The molecule has 4 aromatic heterocycles. The first-order valence-corrected chi connectivity index (χ1v) is 8.88. The Morgan fingerprint density at radius 1 is 1.04 bits per heavy atom. The van der Waals surface area contributed by atoms with E-state index in [0.29, 0.717) is 11.7 Å². The largest absolute Gasteiger partial charge is 0.359 e. The molecule has 27 heavy (non-hydrogen) atoms. The van der Waals surface area contributed by atoms with Crippen LogP contribution in [0.5, 0.6) is 0 Å². The van der Waals surface area contributed by atoms with Crippen molar-refractivity contribution in [2.45, 2.75) is 19.9 Å². The summed E-state index contributed by atoms with van der Waals surface area (Å²) in [6, 6.07) is 3.81. The van der Waals surface area contributed by atoms with E-state index in [2.05, 4.69) is 34.2 Å². The third kappa shape index (κ3) is 3.14. The fraction of sp³-hybridized carbons (Fsp3) is 0.316. The molecule has 138 valence electrons. The average Bonchev–Trinajstić information content (AvgIpc) is 3.26. The predicted molar refractivity (Wildman–Crippen MR) is 104 cm³/mol. The summed E-state index contributed by atoms with van der Waals surface area (Å²) in [5, 5.41) is 8.83. The Balaban J connectivity index is 1.84. The highest BCUT2D eigenvalue weighted by atomic mass is 15.3. The van der Waals surface area contributed by atoms with Crippen LogP contribution in [-0.2, 0) is 14.1 Å². The van der Waals surface area contributed by atoms with Gasteiger partial charge in [0.2, 0.25) is 0 Å². The van der Waals surface area contributed by atoms with Crippen LogP contribution in [0.15, 0.2) is 43.1 Å². The summed E-state index contributed by atoms with van der Waals surface area (Å²) in [7, 11) is 3.88. The standard InChI is InChI=1S/C19H22N8/c1-12(2)15(19-21-9-10-26(19)3)23-17-14-11-22-27(4)18(14)25-16(24-17)13-5-7-20-8-6-13/h5-12,15H,1-4H3,(H,23,24,25). The molecule has 8 heteroatoms. The van der Waals surface area contributed by atoms with Crippen molar-refractivity contribution in [1.29, 1.82) is 0 Å². The van der Waals surface area contributed by atoms with Gasteiger partial charge in [0, 0.05) is 44.4 Å². The highest BCUT2D eigenvalue weighted by Gasteiger charge is 2.22. The minimum Gasteiger partial charge on any atom is -0.359 e. The molecule has 1 atom stereocenters. The van der Waals surface area contributed by atoms with Gasteiger partial charge in [-0.25, -0.2) is 15.0 Å². The molecule has 1 N–H and O–H groups in total. The predicted octanol–water partition coefficient (Wildman–Crippen LogP) is 2.97. The van der Waals surface area contributed by atoms with Crippen molar-refractivity contribution >= 4 is 16.9 Å². The zero-order chi connectivity index (χ0) is 19.0. The number of nitrogens with one attached hydrogen (secondary N) is 1. The van der Waals surface area contributed by atoms with E-state index in [1.54, 1.807) is 23.3 Å². The molecule has 0 saturated carbocycles. The molecule has 0 aromatic carbocycles. The van der Waals surface area contributed by atoms with E-state index in [1.807, 2.05) is 43.2 Å². The molecule has 0 radical (unpaired) electrons. The average molecular weight is 362 g/mol. The Hall–Kier alpha value is -3.29. The van der Waals surface area contributed by atoms with Crippen LogP contribution >= 0.6 is 0 Å². The van der Waals surface area contributed by atoms with Gasteiger partial charge in [0.1, 0.15) is 11.6 Å². The van der Waals surface area contributed by atoms with E-state index in [-0.39, 0.29) is 6.04 Å². The van der Waals surface area contributed by atoms with Gasteiger partial charge in [-0.15, -0.1) is 0 Å². The van der Waals surface area contributed by atoms with Gasteiger partial charge in [-0.1, -0.05) is 13.8 Å². The number of anilines is 1. The van der Waals surface area contributed by atoms with Gasteiger partial charge in [-0.3, -0.25) is 9.67 Å². The van der Waals surface area contributed by atoms with Crippen LogP contribution in [0.25, 0.3) is 22.4 Å². The topological polar surface area (TPSA) is 86.3 Å². The molecule has 4 heterocycles. The van der Waals surface area contributed by atoms with Gasteiger partial charge in [0.05, 0.1) is 17.6 Å². The Morgan fingerprint density at radius 3 is 2.48 bits per heavy atom. The van der Waals surface area contributed by atoms with Gasteiger partial charge < -0.3 is 9.88 Å². The van der Waals surface area contributed by atoms with Crippen molar-refractivity contribution in [1.82, 2.24) is 34.3 Å². The minimum atomic E-state index is 0.00796. The summed E-state index contributed by atoms with van der Waals surface area (Å²) in [6.07, 6.45) is 9.04. The molecule has 1 unspecified atom stereocenters. The second-order valence-corrected chi connectivity index (χ2v) is 6.90. The van der Waals surface area contributed by atoms with Gasteiger partial charge in [0.15, 0.2) is 11.5 Å². The Bertz CT molecular complexity index is 1060. The first-order chi connectivity index (χ1) is 13.0. The number of imidazole rings is 1. The highest BCUT2D eigenvalue weighted by molar-refractivity contribution is 5.88. The number of rotatable bonds is 5. The maximum Gasteiger partial charge on any atom is 0.164 e. The van der Waals surface area contributed by atoms with Crippen LogP contribution in [0.2, 0.25) is 0 Å². The zero-order valence-corrected chi connectivity index (χ0v) is 15.8. The summed E-state index contributed by atoms with van der Waals surface area (Å²) < 4.78 is 3.79. The fourth-order valence-corrected chi connectivity index (χ4v) is 3.12. The van der Waals surface area contributed by atoms with Crippen molar-refractivity contribution in [3.05, 3.63) is 48.9 Å². The first kappa shape index (κ1) is 17.1. The van der Waals surface area contributed by atoms with Crippen molar-refractivity contribution < 1.29 is 0 Å². The van der Waals surface area contributed by atoms with E-state index in [1.165, 1.54) is 0 Å². The van der Waals surface area contributed by atoms with Gasteiger partial charge in [-0.2, -0.15) is 5.10 Å². The molecular formula is C19H22N8. The normalized spacial score (nSPS) is 12.6. The SMILES string of the molecule is CC(C)C(Nc1nc(-c2ccncc2)nc2c1cnn2C)c1nccn1C. The number of aromatic nitrogens is 7. The second kappa shape index (κ2) is 6.79. The van der Waals surface area contributed by atoms with Crippen LogP contribution in [-0.4, -0.2) is 34.3 Å². The molecule has 8 nitrogen and oxygen atoms in total. The summed E-state index contributed by atoms with van der Waals surface area (Å²) in [6.45, 7) is 4.33. The molecule has 4 rings (SSSR count). The second-order valence-electron chi connectivity index (χ2n) is 6.90. The van der Waals surface area contributed by atoms with Crippen LogP contribution in [0, 0.1) is 5.92 Å². The van der Waals surface area contributed by atoms with Gasteiger partial charge in [0.25, 0.3) is 0 Å².